The van der Waals surface area contributed by atoms with Gasteiger partial charge in [-0.15, -0.1) is 0 Å². The van der Waals surface area contributed by atoms with Gasteiger partial charge in [0.15, 0.2) is 0 Å². The van der Waals surface area contributed by atoms with Crippen molar-refractivity contribution in [1.82, 2.24) is 0 Å². The third-order valence-corrected chi connectivity index (χ3v) is 4.65. The Kier molecular flexibility index (Phi) is 5.62. The van der Waals surface area contributed by atoms with Crippen LogP contribution in [0.25, 0.3) is 0 Å². The van der Waals surface area contributed by atoms with Crippen LogP contribution in [0.1, 0.15) is 5.56 Å². The molecule has 1 nitrogen and oxygen atoms in total. The molecule has 0 unspecified atom stereocenters. The summed E-state index contributed by atoms with van der Waals surface area (Å²) in [6, 6.07) is 12.1. The average molecular weight is 441 g/mol. The summed E-state index contributed by atoms with van der Waals surface area (Å²) in [4.78, 5) is 0.188. The Labute approximate surface area is 141 Å². The SMILES string of the molecule is FC(F)(F)Sc1ccc(CNc2c(Br)cccc2Br)cc1. The summed E-state index contributed by atoms with van der Waals surface area (Å²) in [5, 5.41) is 3.24. The highest BCUT2D eigenvalue weighted by Crippen LogP contribution is 2.37. The van der Waals surface area contributed by atoms with Gasteiger partial charge < -0.3 is 5.32 Å². The van der Waals surface area contributed by atoms with Crippen molar-refractivity contribution in [3.63, 3.8) is 0 Å². The molecule has 0 radical (unpaired) electrons. The van der Waals surface area contributed by atoms with Crippen LogP contribution in [0, 0.1) is 0 Å². The molecule has 0 aromatic heterocycles. The molecule has 0 saturated carbocycles. The van der Waals surface area contributed by atoms with Gasteiger partial charge in [0.2, 0.25) is 0 Å². The molecular weight excluding hydrogens is 431 g/mol. The standard InChI is InChI=1S/C14H10Br2F3NS/c15-11-2-1-3-12(16)13(11)20-8-9-4-6-10(7-5-9)21-14(17,18)19/h1-7,20H,8H2. The molecule has 0 aliphatic rings. The molecule has 0 saturated heterocycles. The Hall–Kier alpha value is -0.660. The molecule has 0 amide bonds. The summed E-state index contributed by atoms with van der Waals surface area (Å²) in [5.74, 6) is 0. The fraction of sp³-hybridized carbons (Fsp3) is 0.143. The van der Waals surface area contributed by atoms with Crippen LogP contribution in [0.5, 0.6) is 0 Å². The molecular formula is C14H10Br2F3NS. The third kappa shape index (κ3) is 5.23. The molecule has 0 atom stereocenters. The van der Waals surface area contributed by atoms with Gasteiger partial charge in [0.25, 0.3) is 0 Å². The Balaban J connectivity index is 2.01. The minimum atomic E-state index is -4.25. The maximum absolute atomic E-state index is 12.2. The number of hydrogen-bond acceptors (Lipinski definition) is 2. The first kappa shape index (κ1) is 16.7. The summed E-state index contributed by atoms with van der Waals surface area (Å²) >= 11 is 6.78. The minimum Gasteiger partial charge on any atom is -0.379 e. The topological polar surface area (TPSA) is 12.0 Å². The van der Waals surface area contributed by atoms with Crippen molar-refractivity contribution in [1.29, 1.82) is 0 Å². The molecule has 112 valence electrons. The van der Waals surface area contributed by atoms with Gasteiger partial charge in [-0.2, -0.15) is 13.2 Å². The predicted molar refractivity (Wildman–Crippen MR) is 87.5 cm³/mol. The minimum absolute atomic E-state index is 0.107. The van der Waals surface area contributed by atoms with Crippen LogP contribution >= 0.6 is 43.6 Å². The molecule has 1 N–H and O–H groups in total. The number of para-hydroxylation sites is 1. The molecule has 2 rings (SSSR count). The highest BCUT2D eigenvalue weighted by atomic mass is 79.9. The van der Waals surface area contributed by atoms with E-state index in [4.69, 9.17) is 0 Å². The number of benzene rings is 2. The van der Waals surface area contributed by atoms with Crippen molar-refractivity contribution in [3.05, 3.63) is 57.0 Å². The smallest absolute Gasteiger partial charge is 0.379 e. The molecule has 0 fully saturated rings. The second-order valence-corrected chi connectivity index (χ2v) is 6.99. The number of nitrogens with one attached hydrogen (secondary N) is 1. The highest BCUT2D eigenvalue weighted by Gasteiger charge is 2.28. The fourth-order valence-electron chi connectivity index (χ4n) is 1.67. The summed E-state index contributed by atoms with van der Waals surface area (Å²) in [5.41, 5.74) is -2.44. The van der Waals surface area contributed by atoms with Crippen LogP contribution in [-0.4, -0.2) is 5.51 Å². The zero-order valence-electron chi connectivity index (χ0n) is 10.5. The molecule has 0 aliphatic heterocycles. The number of thioether (sulfide) groups is 1. The lowest BCUT2D eigenvalue weighted by atomic mass is 10.2. The van der Waals surface area contributed by atoms with Crippen molar-refractivity contribution < 1.29 is 13.2 Å². The van der Waals surface area contributed by atoms with Crippen molar-refractivity contribution in [3.8, 4) is 0 Å². The van der Waals surface area contributed by atoms with Crippen LogP contribution in [0.3, 0.4) is 0 Å². The first-order valence-electron chi connectivity index (χ1n) is 5.88. The second-order valence-electron chi connectivity index (χ2n) is 4.14. The lowest BCUT2D eigenvalue weighted by Crippen LogP contribution is -2.01. The Morgan fingerprint density at radius 2 is 1.52 bits per heavy atom. The third-order valence-electron chi connectivity index (χ3n) is 2.59. The lowest BCUT2D eigenvalue weighted by molar-refractivity contribution is -0.0328. The van der Waals surface area contributed by atoms with Gasteiger partial charge in [-0.25, -0.2) is 0 Å². The van der Waals surface area contributed by atoms with Gasteiger partial charge in [0, 0.05) is 20.4 Å². The lowest BCUT2D eigenvalue weighted by Gasteiger charge is -2.11. The summed E-state index contributed by atoms with van der Waals surface area (Å²) in [6.07, 6.45) is 0. The van der Waals surface area contributed by atoms with E-state index in [0.717, 1.165) is 20.2 Å². The molecule has 7 heteroatoms. The van der Waals surface area contributed by atoms with E-state index in [-0.39, 0.29) is 16.7 Å². The normalized spacial score (nSPS) is 11.5. The first-order valence-corrected chi connectivity index (χ1v) is 8.28. The van der Waals surface area contributed by atoms with Crippen LogP contribution in [0.2, 0.25) is 0 Å². The maximum Gasteiger partial charge on any atom is 0.446 e. The number of alkyl halides is 3. The van der Waals surface area contributed by atoms with Gasteiger partial charge >= 0.3 is 5.51 Å². The van der Waals surface area contributed by atoms with Crippen molar-refractivity contribution >= 4 is 49.3 Å². The predicted octanol–water partition coefficient (Wildman–Crippen LogP) is 6.44. The van der Waals surface area contributed by atoms with E-state index in [1.807, 2.05) is 18.2 Å². The number of anilines is 1. The van der Waals surface area contributed by atoms with E-state index in [1.54, 1.807) is 12.1 Å². The van der Waals surface area contributed by atoms with Gasteiger partial charge in [0.1, 0.15) is 0 Å². The second kappa shape index (κ2) is 7.07. The molecule has 0 spiro atoms. The summed E-state index contributed by atoms with van der Waals surface area (Å²) < 4.78 is 38.6. The van der Waals surface area contributed by atoms with Gasteiger partial charge in [-0.1, -0.05) is 18.2 Å². The number of rotatable bonds is 4. The van der Waals surface area contributed by atoms with Crippen LogP contribution < -0.4 is 5.32 Å². The van der Waals surface area contributed by atoms with E-state index in [2.05, 4.69) is 37.2 Å². The van der Waals surface area contributed by atoms with Crippen LogP contribution in [-0.2, 0) is 6.54 Å². The zero-order valence-corrected chi connectivity index (χ0v) is 14.5. The monoisotopic (exact) mass is 439 g/mol. The largest absolute Gasteiger partial charge is 0.446 e. The van der Waals surface area contributed by atoms with Crippen LogP contribution in [0.15, 0.2) is 56.3 Å². The quantitative estimate of drug-likeness (QED) is 0.549. The number of hydrogen-bond donors (Lipinski definition) is 1. The van der Waals surface area contributed by atoms with Crippen molar-refractivity contribution in [2.75, 3.05) is 5.32 Å². The molecule has 0 bridgehead atoms. The van der Waals surface area contributed by atoms with Gasteiger partial charge in [-0.3, -0.25) is 0 Å². The van der Waals surface area contributed by atoms with Crippen LogP contribution in [0.4, 0.5) is 18.9 Å². The average Bonchev–Trinajstić information content (AvgIpc) is 2.38. The van der Waals surface area contributed by atoms with E-state index < -0.39 is 5.51 Å². The zero-order chi connectivity index (χ0) is 15.5. The Morgan fingerprint density at radius 1 is 0.952 bits per heavy atom. The van der Waals surface area contributed by atoms with E-state index in [0.29, 0.717) is 6.54 Å². The molecule has 0 aliphatic carbocycles. The molecule has 2 aromatic carbocycles. The number of halogens is 5. The van der Waals surface area contributed by atoms with Gasteiger partial charge in [0.05, 0.1) is 5.69 Å². The summed E-state index contributed by atoms with van der Waals surface area (Å²) in [6.45, 7) is 0.526. The van der Waals surface area contributed by atoms with Crippen molar-refractivity contribution in [2.24, 2.45) is 0 Å². The summed E-state index contributed by atoms with van der Waals surface area (Å²) in [7, 11) is 0. The molecule has 0 heterocycles. The Bertz CT molecular complexity index is 594. The van der Waals surface area contributed by atoms with Gasteiger partial charge in [-0.05, 0) is 73.5 Å². The fourth-order valence-corrected chi connectivity index (χ4v) is 3.48. The Morgan fingerprint density at radius 3 is 2.05 bits per heavy atom. The van der Waals surface area contributed by atoms with Crippen molar-refractivity contribution in [2.45, 2.75) is 16.9 Å². The highest BCUT2D eigenvalue weighted by molar-refractivity contribution is 9.11. The molecule has 21 heavy (non-hydrogen) atoms. The molecule has 2 aromatic rings. The van der Waals surface area contributed by atoms with E-state index >= 15 is 0 Å². The van der Waals surface area contributed by atoms with E-state index in [1.165, 1.54) is 12.1 Å². The van der Waals surface area contributed by atoms with E-state index in [9.17, 15) is 13.2 Å². The maximum atomic E-state index is 12.2. The first-order chi connectivity index (χ1) is 9.85.